The Kier molecular flexibility index (Phi) is 5.29. The van der Waals surface area contributed by atoms with Gasteiger partial charge in [-0.25, -0.2) is 4.39 Å². The van der Waals surface area contributed by atoms with E-state index in [4.69, 9.17) is 12.2 Å². The number of thiocarbonyl (C=S) groups is 1. The fraction of sp³-hybridized carbons (Fsp3) is 0.0833. The van der Waals surface area contributed by atoms with Gasteiger partial charge < -0.3 is 14.8 Å². The van der Waals surface area contributed by atoms with E-state index in [2.05, 4.69) is 31.1 Å². The van der Waals surface area contributed by atoms with Crippen LogP contribution in [0.1, 0.15) is 23.5 Å². The van der Waals surface area contributed by atoms with Crippen LogP contribution < -0.4 is 10.2 Å². The number of aromatic nitrogens is 2. The number of hydrogen-bond acceptors (Lipinski definition) is 2. The minimum Gasteiger partial charge on any atom is -0.351 e. The first-order valence-corrected chi connectivity index (χ1v) is 11.0. The zero-order valence-electron chi connectivity index (χ0n) is 16.3. The Bertz CT molecular complexity index is 1230. The molecule has 2 atom stereocenters. The maximum atomic E-state index is 14.0. The number of nitrogens with one attached hydrogen (secondary N) is 1. The van der Waals surface area contributed by atoms with Crippen LogP contribution in [0.3, 0.4) is 0 Å². The molecule has 0 spiro atoms. The topological polar surface area (TPSA) is 33.1 Å². The average molecular weight is 493 g/mol. The van der Waals surface area contributed by atoms with E-state index in [-0.39, 0.29) is 17.9 Å². The van der Waals surface area contributed by atoms with E-state index in [1.807, 2.05) is 71.4 Å². The molecule has 2 aromatic carbocycles. The maximum absolute atomic E-state index is 14.0. The van der Waals surface area contributed by atoms with Gasteiger partial charge in [0.15, 0.2) is 5.11 Å². The molecular weight excluding hydrogens is 475 g/mol. The van der Waals surface area contributed by atoms with Crippen LogP contribution in [-0.4, -0.2) is 14.7 Å². The lowest BCUT2D eigenvalue weighted by Crippen LogP contribution is -2.30. The van der Waals surface area contributed by atoms with Crippen LogP contribution in [-0.2, 0) is 0 Å². The minimum atomic E-state index is -0.275. The molecule has 5 rings (SSSR count). The summed E-state index contributed by atoms with van der Waals surface area (Å²) in [7, 11) is 0. The fourth-order valence-corrected chi connectivity index (χ4v) is 4.64. The molecule has 4 aromatic rings. The van der Waals surface area contributed by atoms with Gasteiger partial charge in [-0.2, -0.15) is 0 Å². The van der Waals surface area contributed by atoms with Crippen LogP contribution in [0.25, 0.3) is 5.69 Å². The summed E-state index contributed by atoms with van der Waals surface area (Å²) in [6, 6.07) is 24.2. The standard InChI is InChI=1S/C24H18BrFN4S/c25-16-9-11-18(12-10-16)30-23(22(28-24(30)31)20-7-1-2-13-27-20)21-8-4-14-29(21)19-6-3-5-17(26)15-19/h1-15,22-23H,(H,28,31)/t22-,23+/m1/s1. The first kappa shape index (κ1) is 19.9. The molecule has 4 nitrogen and oxygen atoms in total. The van der Waals surface area contributed by atoms with Gasteiger partial charge in [0, 0.05) is 33.9 Å². The van der Waals surface area contributed by atoms with Crippen LogP contribution >= 0.6 is 28.1 Å². The number of pyridine rings is 1. The van der Waals surface area contributed by atoms with Gasteiger partial charge in [0.05, 0.1) is 11.7 Å². The third-order valence-electron chi connectivity index (χ3n) is 5.37. The van der Waals surface area contributed by atoms with Gasteiger partial charge in [-0.15, -0.1) is 0 Å². The van der Waals surface area contributed by atoms with E-state index >= 15 is 0 Å². The van der Waals surface area contributed by atoms with Crippen molar-refractivity contribution in [3.05, 3.63) is 113 Å². The summed E-state index contributed by atoms with van der Waals surface area (Å²) in [5.74, 6) is -0.275. The summed E-state index contributed by atoms with van der Waals surface area (Å²) < 4.78 is 17.0. The SMILES string of the molecule is Fc1cccc(-n2cccc2[C@H]2[C@@H](c3ccccn3)NC(=S)N2c2ccc(Br)cc2)c1. The Morgan fingerprint density at radius 3 is 2.52 bits per heavy atom. The number of halogens is 2. The zero-order valence-corrected chi connectivity index (χ0v) is 18.7. The lowest BCUT2D eigenvalue weighted by molar-refractivity contribution is 0.549. The van der Waals surface area contributed by atoms with Crippen LogP contribution in [0.4, 0.5) is 10.1 Å². The van der Waals surface area contributed by atoms with Crippen molar-refractivity contribution in [1.82, 2.24) is 14.9 Å². The Labute approximate surface area is 193 Å². The van der Waals surface area contributed by atoms with E-state index in [1.54, 1.807) is 12.3 Å². The first-order chi connectivity index (χ1) is 15.1. The fourth-order valence-electron chi connectivity index (χ4n) is 4.03. The molecule has 7 heteroatoms. The molecule has 0 amide bonds. The molecule has 1 saturated heterocycles. The second-order valence-corrected chi connectivity index (χ2v) is 8.56. The molecule has 154 valence electrons. The van der Waals surface area contributed by atoms with Gasteiger partial charge in [-0.3, -0.25) is 4.98 Å². The Balaban J connectivity index is 1.67. The van der Waals surface area contributed by atoms with Gasteiger partial charge in [0.25, 0.3) is 0 Å². The van der Waals surface area contributed by atoms with E-state index in [9.17, 15) is 4.39 Å². The van der Waals surface area contributed by atoms with Gasteiger partial charge >= 0.3 is 0 Å². The van der Waals surface area contributed by atoms with Crippen molar-refractivity contribution in [2.24, 2.45) is 0 Å². The van der Waals surface area contributed by atoms with Gasteiger partial charge in [0.1, 0.15) is 11.9 Å². The van der Waals surface area contributed by atoms with Crippen molar-refractivity contribution in [2.45, 2.75) is 12.1 Å². The normalized spacial score (nSPS) is 18.3. The molecule has 3 heterocycles. The van der Waals surface area contributed by atoms with Crippen molar-refractivity contribution in [3.8, 4) is 5.69 Å². The van der Waals surface area contributed by atoms with E-state index in [1.165, 1.54) is 12.1 Å². The largest absolute Gasteiger partial charge is 0.351 e. The van der Waals surface area contributed by atoms with Crippen LogP contribution in [0.15, 0.2) is 95.7 Å². The summed E-state index contributed by atoms with van der Waals surface area (Å²) in [4.78, 5) is 6.69. The molecule has 1 fully saturated rings. The third kappa shape index (κ3) is 3.75. The summed E-state index contributed by atoms with van der Waals surface area (Å²) in [5.41, 5.74) is 3.60. The molecule has 2 aromatic heterocycles. The molecule has 0 radical (unpaired) electrons. The average Bonchev–Trinajstić information content (AvgIpc) is 3.39. The summed E-state index contributed by atoms with van der Waals surface area (Å²) in [6.45, 7) is 0. The molecule has 0 unspecified atom stereocenters. The number of anilines is 1. The highest BCUT2D eigenvalue weighted by Crippen LogP contribution is 2.42. The van der Waals surface area contributed by atoms with Gasteiger partial charge in [-0.05, 0) is 78.9 Å². The highest BCUT2D eigenvalue weighted by molar-refractivity contribution is 9.10. The molecule has 1 aliphatic rings. The molecule has 0 bridgehead atoms. The second-order valence-electron chi connectivity index (χ2n) is 7.26. The Morgan fingerprint density at radius 2 is 1.77 bits per heavy atom. The van der Waals surface area contributed by atoms with Crippen molar-refractivity contribution in [3.63, 3.8) is 0 Å². The minimum absolute atomic E-state index is 0.167. The van der Waals surface area contributed by atoms with Gasteiger partial charge in [0.2, 0.25) is 0 Å². The number of benzene rings is 2. The van der Waals surface area contributed by atoms with Crippen LogP contribution in [0, 0.1) is 5.82 Å². The quantitative estimate of drug-likeness (QED) is 0.356. The number of hydrogen-bond donors (Lipinski definition) is 1. The molecule has 0 saturated carbocycles. The summed E-state index contributed by atoms with van der Waals surface area (Å²) >= 11 is 9.27. The third-order valence-corrected chi connectivity index (χ3v) is 6.22. The molecule has 0 aliphatic carbocycles. The smallest absolute Gasteiger partial charge is 0.174 e. The maximum Gasteiger partial charge on any atom is 0.174 e. The molecule has 1 aliphatic heterocycles. The number of nitrogens with zero attached hydrogens (tertiary/aromatic N) is 3. The zero-order chi connectivity index (χ0) is 21.4. The highest BCUT2D eigenvalue weighted by atomic mass is 79.9. The summed E-state index contributed by atoms with van der Waals surface area (Å²) in [5, 5.41) is 4.08. The van der Waals surface area contributed by atoms with Crippen LogP contribution in [0.2, 0.25) is 0 Å². The van der Waals surface area contributed by atoms with E-state index < -0.39 is 0 Å². The van der Waals surface area contributed by atoms with Gasteiger partial charge in [-0.1, -0.05) is 28.1 Å². The molecule has 31 heavy (non-hydrogen) atoms. The lowest BCUT2D eigenvalue weighted by Gasteiger charge is -2.29. The highest BCUT2D eigenvalue weighted by Gasteiger charge is 2.42. The van der Waals surface area contributed by atoms with E-state index in [0.717, 1.165) is 27.2 Å². The lowest BCUT2D eigenvalue weighted by atomic mass is 10.0. The molecular formula is C24H18BrFN4S. The van der Waals surface area contributed by atoms with Crippen molar-refractivity contribution >= 4 is 38.9 Å². The van der Waals surface area contributed by atoms with Crippen LogP contribution in [0.5, 0.6) is 0 Å². The monoisotopic (exact) mass is 492 g/mol. The number of rotatable bonds is 4. The predicted octanol–water partition coefficient (Wildman–Crippen LogP) is 5.95. The predicted molar refractivity (Wildman–Crippen MR) is 128 cm³/mol. The molecule has 1 N–H and O–H groups in total. The van der Waals surface area contributed by atoms with Crippen molar-refractivity contribution < 1.29 is 4.39 Å². The van der Waals surface area contributed by atoms with Crippen molar-refractivity contribution in [1.29, 1.82) is 0 Å². The van der Waals surface area contributed by atoms with Crippen molar-refractivity contribution in [2.75, 3.05) is 4.90 Å². The Morgan fingerprint density at radius 1 is 0.935 bits per heavy atom. The van der Waals surface area contributed by atoms with E-state index in [0.29, 0.717) is 5.11 Å². The Hall–Kier alpha value is -3.03. The first-order valence-electron chi connectivity index (χ1n) is 9.81. The summed E-state index contributed by atoms with van der Waals surface area (Å²) in [6.07, 6.45) is 3.73. The second kappa shape index (κ2) is 8.24.